The van der Waals surface area contributed by atoms with Gasteiger partial charge in [-0.25, -0.2) is 4.39 Å². The Hall–Kier alpha value is -1.10. The van der Waals surface area contributed by atoms with E-state index in [1.165, 1.54) is 12.1 Å². The molecule has 0 aliphatic heterocycles. The van der Waals surface area contributed by atoms with Crippen molar-refractivity contribution in [3.8, 4) is 0 Å². The maximum Gasteiger partial charge on any atom is 0.142 e. The van der Waals surface area contributed by atoms with E-state index in [2.05, 4.69) is 17.3 Å². The number of nitrogens with zero attached hydrogens (tertiary/aromatic N) is 2. The van der Waals surface area contributed by atoms with Crippen LogP contribution in [0.2, 0.25) is 10.0 Å². The summed E-state index contributed by atoms with van der Waals surface area (Å²) >= 11 is 12.2. The van der Waals surface area contributed by atoms with E-state index in [0.29, 0.717) is 17.1 Å². The summed E-state index contributed by atoms with van der Waals surface area (Å²) in [6.07, 6.45) is 2.85. The molecule has 0 aliphatic rings. The monoisotopic (exact) mass is 329 g/mol. The van der Waals surface area contributed by atoms with Crippen LogP contribution in [0.5, 0.6) is 0 Å². The van der Waals surface area contributed by atoms with E-state index in [4.69, 9.17) is 23.2 Å². The molecule has 2 rings (SSSR count). The third kappa shape index (κ3) is 3.57. The Balaban J connectivity index is 2.15. The fraction of sp³-hybridized carbons (Fsp3) is 0.400. The Morgan fingerprint density at radius 3 is 2.76 bits per heavy atom. The Labute approximate surface area is 134 Å². The Morgan fingerprint density at radius 1 is 1.38 bits per heavy atom. The standard InChI is InChI=1S/C15H18Cl2FN3/c1-4-13-10(8-21(3)20-13)7-19-9(2)14-11(16)5-6-12(18)15(14)17/h5-6,8-9,19H,4,7H2,1-3H3. The average molecular weight is 330 g/mol. The number of hydrogen-bond donors (Lipinski definition) is 1. The van der Waals surface area contributed by atoms with Crippen molar-refractivity contribution in [2.24, 2.45) is 7.05 Å². The Bertz CT molecular complexity index is 640. The minimum Gasteiger partial charge on any atom is -0.306 e. The van der Waals surface area contributed by atoms with Crippen molar-refractivity contribution in [2.75, 3.05) is 0 Å². The van der Waals surface area contributed by atoms with Gasteiger partial charge in [-0.1, -0.05) is 30.1 Å². The van der Waals surface area contributed by atoms with Gasteiger partial charge in [-0.3, -0.25) is 4.68 Å². The number of nitrogens with one attached hydrogen (secondary N) is 1. The maximum absolute atomic E-state index is 13.6. The van der Waals surface area contributed by atoms with Gasteiger partial charge in [-0.05, 0) is 25.5 Å². The summed E-state index contributed by atoms with van der Waals surface area (Å²) in [6.45, 7) is 4.60. The number of benzene rings is 1. The molecule has 114 valence electrons. The molecule has 1 atom stereocenters. The van der Waals surface area contributed by atoms with Gasteiger partial charge in [0.1, 0.15) is 5.82 Å². The van der Waals surface area contributed by atoms with Crippen LogP contribution in [0.1, 0.15) is 36.7 Å². The van der Waals surface area contributed by atoms with Gasteiger partial charge < -0.3 is 5.32 Å². The molecule has 0 bridgehead atoms. The van der Waals surface area contributed by atoms with Gasteiger partial charge in [0.2, 0.25) is 0 Å². The lowest BCUT2D eigenvalue weighted by molar-refractivity contribution is 0.563. The molecule has 2 aromatic rings. The third-order valence-electron chi connectivity index (χ3n) is 3.44. The molecule has 1 heterocycles. The highest BCUT2D eigenvalue weighted by Crippen LogP contribution is 2.32. The molecule has 0 saturated heterocycles. The summed E-state index contributed by atoms with van der Waals surface area (Å²) in [4.78, 5) is 0. The smallest absolute Gasteiger partial charge is 0.142 e. The van der Waals surface area contributed by atoms with E-state index >= 15 is 0 Å². The SMILES string of the molecule is CCc1nn(C)cc1CNC(C)c1c(Cl)ccc(F)c1Cl. The van der Waals surface area contributed by atoms with Crippen LogP contribution < -0.4 is 5.32 Å². The molecule has 0 amide bonds. The zero-order valence-electron chi connectivity index (χ0n) is 12.3. The third-order valence-corrected chi connectivity index (χ3v) is 4.15. The first-order valence-corrected chi connectivity index (χ1v) is 7.57. The van der Waals surface area contributed by atoms with Gasteiger partial charge >= 0.3 is 0 Å². The van der Waals surface area contributed by atoms with Crippen molar-refractivity contribution in [3.63, 3.8) is 0 Å². The molecule has 21 heavy (non-hydrogen) atoms. The van der Waals surface area contributed by atoms with Crippen LogP contribution in [0.25, 0.3) is 0 Å². The van der Waals surface area contributed by atoms with E-state index in [-0.39, 0.29) is 11.1 Å². The molecule has 6 heteroatoms. The molecule has 1 unspecified atom stereocenters. The Kier molecular flexibility index (Phi) is 5.25. The fourth-order valence-corrected chi connectivity index (χ4v) is 3.03. The molecule has 0 spiro atoms. The molecule has 0 aliphatic carbocycles. The van der Waals surface area contributed by atoms with Crippen LogP contribution in [0.3, 0.4) is 0 Å². The summed E-state index contributed by atoms with van der Waals surface area (Å²) in [5.41, 5.74) is 2.75. The number of rotatable bonds is 5. The van der Waals surface area contributed by atoms with Gasteiger partial charge in [-0.15, -0.1) is 0 Å². The van der Waals surface area contributed by atoms with Gasteiger partial charge in [-0.2, -0.15) is 5.10 Å². The highest BCUT2D eigenvalue weighted by molar-refractivity contribution is 6.36. The lowest BCUT2D eigenvalue weighted by atomic mass is 10.1. The molecule has 3 nitrogen and oxygen atoms in total. The van der Waals surface area contributed by atoms with Crippen LogP contribution >= 0.6 is 23.2 Å². The second-order valence-electron chi connectivity index (χ2n) is 4.99. The van der Waals surface area contributed by atoms with E-state index in [9.17, 15) is 4.39 Å². The minimum atomic E-state index is -0.458. The van der Waals surface area contributed by atoms with E-state index in [1.54, 1.807) is 4.68 Å². The van der Waals surface area contributed by atoms with Crippen molar-refractivity contribution in [3.05, 3.63) is 51.0 Å². The van der Waals surface area contributed by atoms with Crippen molar-refractivity contribution in [1.82, 2.24) is 15.1 Å². The zero-order chi connectivity index (χ0) is 15.6. The first-order chi connectivity index (χ1) is 9.93. The second kappa shape index (κ2) is 6.77. The van der Waals surface area contributed by atoms with Crippen molar-refractivity contribution < 1.29 is 4.39 Å². The normalized spacial score (nSPS) is 12.7. The molecule has 0 saturated carbocycles. The summed E-state index contributed by atoms with van der Waals surface area (Å²) in [7, 11) is 1.90. The molecular weight excluding hydrogens is 312 g/mol. The largest absolute Gasteiger partial charge is 0.306 e. The van der Waals surface area contributed by atoms with Gasteiger partial charge in [0.25, 0.3) is 0 Å². The second-order valence-corrected chi connectivity index (χ2v) is 5.77. The van der Waals surface area contributed by atoms with Crippen molar-refractivity contribution in [1.29, 1.82) is 0 Å². The summed E-state index contributed by atoms with van der Waals surface area (Å²) in [5.74, 6) is -0.458. The molecule has 1 N–H and O–H groups in total. The summed E-state index contributed by atoms with van der Waals surface area (Å²) < 4.78 is 15.4. The quantitative estimate of drug-likeness (QED) is 0.830. The van der Waals surface area contributed by atoms with Crippen LogP contribution in [0.4, 0.5) is 4.39 Å². The van der Waals surface area contributed by atoms with E-state index < -0.39 is 5.82 Å². The molecule has 1 aromatic heterocycles. The lowest BCUT2D eigenvalue weighted by Gasteiger charge is -2.17. The van der Waals surface area contributed by atoms with Crippen molar-refractivity contribution >= 4 is 23.2 Å². The van der Waals surface area contributed by atoms with E-state index in [0.717, 1.165) is 17.7 Å². The van der Waals surface area contributed by atoms with Crippen LogP contribution in [-0.2, 0) is 20.0 Å². The highest BCUT2D eigenvalue weighted by Gasteiger charge is 2.17. The first kappa shape index (κ1) is 16.3. The van der Waals surface area contributed by atoms with Crippen LogP contribution in [0, 0.1) is 5.82 Å². The topological polar surface area (TPSA) is 29.9 Å². The first-order valence-electron chi connectivity index (χ1n) is 6.82. The summed E-state index contributed by atoms with van der Waals surface area (Å²) in [6, 6.07) is 2.64. The average Bonchev–Trinajstić information content (AvgIpc) is 2.81. The molecular formula is C15H18Cl2FN3. The van der Waals surface area contributed by atoms with Crippen LogP contribution in [0.15, 0.2) is 18.3 Å². The molecule has 1 aromatic carbocycles. The predicted molar refractivity (Wildman–Crippen MR) is 84.3 cm³/mol. The fourth-order valence-electron chi connectivity index (χ4n) is 2.33. The number of aromatic nitrogens is 2. The predicted octanol–water partition coefficient (Wildman–Crippen LogP) is 4.28. The van der Waals surface area contributed by atoms with Gasteiger partial charge in [0, 0.05) is 42.0 Å². The molecule has 0 fully saturated rings. The van der Waals surface area contributed by atoms with Crippen LogP contribution in [-0.4, -0.2) is 9.78 Å². The van der Waals surface area contributed by atoms with Gasteiger partial charge in [0.05, 0.1) is 10.7 Å². The lowest BCUT2D eigenvalue weighted by Crippen LogP contribution is -2.19. The summed E-state index contributed by atoms with van der Waals surface area (Å²) in [5, 5.41) is 8.25. The number of hydrogen-bond acceptors (Lipinski definition) is 2. The van der Waals surface area contributed by atoms with Gasteiger partial charge in [0.15, 0.2) is 0 Å². The van der Waals surface area contributed by atoms with Crippen molar-refractivity contribution in [2.45, 2.75) is 32.9 Å². The van der Waals surface area contributed by atoms with E-state index in [1.807, 2.05) is 20.2 Å². The highest BCUT2D eigenvalue weighted by atomic mass is 35.5. The molecule has 0 radical (unpaired) electrons. The number of aryl methyl sites for hydroxylation is 2. The zero-order valence-corrected chi connectivity index (χ0v) is 13.8. The Morgan fingerprint density at radius 2 is 2.10 bits per heavy atom. The number of halogens is 3. The minimum absolute atomic E-state index is 0.0735. The maximum atomic E-state index is 13.6.